The van der Waals surface area contributed by atoms with Crippen molar-refractivity contribution >= 4 is 46.8 Å². The molecule has 0 spiro atoms. The largest absolute Gasteiger partial charge is 0.463 e. The Morgan fingerprint density at radius 1 is 0.960 bits per heavy atom. The molecule has 0 radical (unpaired) electrons. The van der Waals surface area contributed by atoms with Gasteiger partial charge in [0.05, 0.1) is 0 Å². The Morgan fingerprint density at radius 2 is 1.52 bits per heavy atom. The van der Waals surface area contributed by atoms with E-state index in [4.69, 9.17) is 22.0 Å². The van der Waals surface area contributed by atoms with Gasteiger partial charge in [-0.2, -0.15) is 0 Å². The lowest BCUT2D eigenvalue weighted by atomic mass is 9.96. The molecule has 5 unspecified atom stereocenters. The zero-order chi connectivity index (χ0) is 19.1. The highest BCUT2D eigenvalue weighted by Gasteiger charge is 2.51. The molecule has 0 aromatic heterocycles. The van der Waals surface area contributed by atoms with Crippen LogP contribution >= 0.6 is 23.0 Å². The number of halogens is 1. The van der Waals surface area contributed by atoms with Gasteiger partial charge in [-0.3, -0.25) is 22.2 Å². The topological polar surface area (TPSA) is 126 Å². The van der Waals surface area contributed by atoms with Crippen LogP contribution in [0.2, 0.25) is 0 Å². The molecule has 1 heterocycles. The first-order valence-corrected chi connectivity index (χ1v) is 8.21. The van der Waals surface area contributed by atoms with Crippen LogP contribution in [0.1, 0.15) is 27.7 Å². The van der Waals surface area contributed by atoms with E-state index in [0.717, 1.165) is 0 Å². The smallest absolute Gasteiger partial charge is 0.303 e. The molecular formula is C14H20INO9. The molecule has 142 valence electrons. The molecule has 1 fully saturated rings. The Kier molecular flexibility index (Phi) is 8.52. The van der Waals surface area contributed by atoms with Crippen molar-refractivity contribution < 1.29 is 41.2 Å². The summed E-state index contributed by atoms with van der Waals surface area (Å²) in [6.07, 6.45) is -4.19. The van der Waals surface area contributed by atoms with E-state index in [2.05, 4.69) is 5.32 Å². The SMILES string of the molecule is CC(=O)NC1C(OI)OC(COC(C)=O)C(OC(C)=O)C1OC(C)=O. The average molecular weight is 473 g/mol. The summed E-state index contributed by atoms with van der Waals surface area (Å²) in [5, 5.41) is 2.56. The normalized spacial score (nSPS) is 28.6. The number of carbonyl (C=O) groups excluding carboxylic acids is 4. The zero-order valence-electron chi connectivity index (χ0n) is 14.1. The van der Waals surface area contributed by atoms with Gasteiger partial charge in [0.1, 0.15) is 41.8 Å². The van der Waals surface area contributed by atoms with E-state index in [1.807, 2.05) is 0 Å². The predicted octanol–water partition coefficient (Wildman–Crippen LogP) is 0.00910. The van der Waals surface area contributed by atoms with Crippen LogP contribution in [0, 0.1) is 0 Å². The first kappa shape index (κ1) is 21.6. The third-order valence-corrected chi connectivity index (χ3v) is 3.66. The van der Waals surface area contributed by atoms with Gasteiger partial charge < -0.3 is 24.3 Å². The summed E-state index contributed by atoms with van der Waals surface area (Å²) in [5.41, 5.74) is 0. The van der Waals surface area contributed by atoms with E-state index in [1.165, 1.54) is 27.7 Å². The molecule has 5 atom stereocenters. The molecule has 0 aromatic rings. The number of esters is 3. The number of carbonyl (C=O) groups is 4. The minimum atomic E-state index is -1.11. The minimum Gasteiger partial charge on any atom is -0.463 e. The average Bonchev–Trinajstić information content (AvgIpc) is 2.48. The molecule has 0 saturated carbocycles. The molecule has 0 bridgehead atoms. The second-order valence-corrected chi connectivity index (χ2v) is 5.82. The summed E-state index contributed by atoms with van der Waals surface area (Å²) >= 11 is 1.56. The van der Waals surface area contributed by atoms with Gasteiger partial charge in [0.15, 0.2) is 18.5 Å². The monoisotopic (exact) mass is 473 g/mol. The van der Waals surface area contributed by atoms with E-state index in [-0.39, 0.29) is 6.61 Å². The molecule has 1 N–H and O–H groups in total. The lowest BCUT2D eigenvalue weighted by molar-refractivity contribution is -0.250. The Balaban J connectivity index is 3.18. The number of hydrogen-bond acceptors (Lipinski definition) is 9. The fourth-order valence-electron chi connectivity index (χ4n) is 2.37. The Hall–Kier alpha value is -1.47. The van der Waals surface area contributed by atoms with E-state index in [0.29, 0.717) is 0 Å². The van der Waals surface area contributed by atoms with Crippen molar-refractivity contribution in [3.63, 3.8) is 0 Å². The third-order valence-electron chi connectivity index (χ3n) is 3.16. The van der Waals surface area contributed by atoms with Crippen LogP contribution in [0.15, 0.2) is 0 Å². The highest BCUT2D eigenvalue weighted by Crippen LogP contribution is 2.28. The predicted molar refractivity (Wildman–Crippen MR) is 89.1 cm³/mol. The minimum absolute atomic E-state index is 0.256. The van der Waals surface area contributed by atoms with Crippen LogP contribution in [-0.4, -0.2) is 61.1 Å². The maximum atomic E-state index is 11.5. The van der Waals surface area contributed by atoms with Gasteiger partial charge in [-0.05, 0) is 0 Å². The quantitative estimate of drug-likeness (QED) is 0.323. The van der Waals surface area contributed by atoms with Gasteiger partial charge in [0.2, 0.25) is 5.91 Å². The number of ether oxygens (including phenoxy) is 4. The lowest BCUT2D eigenvalue weighted by Gasteiger charge is -2.44. The molecule has 0 aromatic carbocycles. The standard InChI is InChI=1S/C14H20INO9/c1-6(17)16-11-13(23-9(4)20)12(22-8(3)19)10(5-21-7(2)18)24-14(11)25-15/h10-14H,5H2,1-4H3,(H,16,17). The number of rotatable bonds is 6. The summed E-state index contributed by atoms with van der Waals surface area (Å²) in [6, 6.07) is -0.934. The molecule has 1 saturated heterocycles. The van der Waals surface area contributed by atoms with Crippen LogP contribution in [0.4, 0.5) is 0 Å². The van der Waals surface area contributed by atoms with Gasteiger partial charge in [0.25, 0.3) is 0 Å². The van der Waals surface area contributed by atoms with E-state index >= 15 is 0 Å². The van der Waals surface area contributed by atoms with Crippen LogP contribution in [0.3, 0.4) is 0 Å². The van der Waals surface area contributed by atoms with Crippen molar-refractivity contribution in [2.75, 3.05) is 6.61 Å². The van der Waals surface area contributed by atoms with Crippen molar-refractivity contribution in [2.24, 2.45) is 0 Å². The molecule has 10 nitrogen and oxygen atoms in total. The number of amides is 1. The molecule has 0 aliphatic carbocycles. The summed E-state index contributed by atoms with van der Waals surface area (Å²) in [4.78, 5) is 45.5. The Labute approximate surface area is 158 Å². The number of nitrogens with one attached hydrogen (secondary N) is 1. The van der Waals surface area contributed by atoms with Crippen LogP contribution < -0.4 is 5.32 Å². The molecular weight excluding hydrogens is 453 g/mol. The fourth-order valence-corrected chi connectivity index (χ4v) is 2.80. The first-order valence-electron chi connectivity index (χ1n) is 7.33. The summed E-state index contributed by atoms with van der Waals surface area (Å²) in [6.45, 7) is 4.56. The van der Waals surface area contributed by atoms with Crippen molar-refractivity contribution in [2.45, 2.75) is 58.3 Å². The van der Waals surface area contributed by atoms with E-state index in [1.54, 1.807) is 23.0 Å². The zero-order valence-corrected chi connectivity index (χ0v) is 16.3. The molecule has 1 aliphatic heterocycles. The van der Waals surface area contributed by atoms with Gasteiger partial charge in [-0.25, -0.2) is 0 Å². The van der Waals surface area contributed by atoms with Crippen molar-refractivity contribution in [1.82, 2.24) is 5.32 Å². The van der Waals surface area contributed by atoms with Gasteiger partial charge >= 0.3 is 17.9 Å². The maximum Gasteiger partial charge on any atom is 0.303 e. The van der Waals surface area contributed by atoms with Crippen LogP contribution in [0.25, 0.3) is 0 Å². The van der Waals surface area contributed by atoms with Gasteiger partial charge in [0, 0.05) is 27.7 Å². The van der Waals surface area contributed by atoms with E-state index in [9.17, 15) is 19.2 Å². The van der Waals surface area contributed by atoms with Crippen LogP contribution in [-0.2, 0) is 41.2 Å². The Bertz CT molecular complexity index is 526. The van der Waals surface area contributed by atoms with Crippen molar-refractivity contribution in [3.8, 4) is 0 Å². The van der Waals surface area contributed by atoms with Crippen molar-refractivity contribution in [3.05, 3.63) is 0 Å². The van der Waals surface area contributed by atoms with Crippen molar-refractivity contribution in [1.29, 1.82) is 0 Å². The second-order valence-electron chi connectivity index (χ2n) is 5.31. The molecule has 1 rings (SSSR count). The maximum absolute atomic E-state index is 11.5. The van der Waals surface area contributed by atoms with Gasteiger partial charge in [-0.15, -0.1) is 0 Å². The highest BCUT2D eigenvalue weighted by molar-refractivity contribution is 14.1. The fraction of sp³-hybridized carbons (Fsp3) is 0.714. The van der Waals surface area contributed by atoms with E-state index < -0.39 is 54.5 Å². The summed E-state index contributed by atoms with van der Waals surface area (Å²) in [5.74, 6) is -2.30. The second kappa shape index (κ2) is 9.87. The highest BCUT2D eigenvalue weighted by atomic mass is 127. The Morgan fingerprint density at radius 3 is 1.96 bits per heavy atom. The number of hydrogen-bond donors (Lipinski definition) is 1. The van der Waals surface area contributed by atoms with Gasteiger partial charge in [-0.1, -0.05) is 0 Å². The first-order chi connectivity index (χ1) is 11.6. The molecule has 11 heteroatoms. The lowest BCUT2D eigenvalue weighted by Crippen LogP contribution is -2.66. The molecule has 25 heavy (non-hydrogen) atoms. The summed E-state index contributed by atoms with van der Waals surface area (Å²) in [7, 11) is 0. The molecule has 1 amide bonds. The van der Waals surface area contributed by atoms with Crippen LogP contribution in [0.5, 0.6) is 0 Å². The third kappa shape index (κ3) is 6.74. The summed E-state index contributed by atoms with van der Waals surface area (Å²) < 4.78 is 26.2. The molecule has 1 aliphatic rings.